The van der Waals surface area contributed by atoms with Crippen molar-refractivity contribution in [2.45, 2.75) is 19.9 Å². The van der Waals surface area contributed by atoms with Crippen LogP contribution >= 0.6 is 15.9 Å². The third-order valence-corrected chi connectivity index (χ3v) is 1.69. The molecular weight excluding hydrogens is 222 g/mol. The van der Waals surface area contributed by atoms with Crippen molar-refractivity contribution in [2.24, 2.45) is 0 Å². The highest BCUT2D eigenvalue weighted by Crippen LogP contribution is 2.07. The molecule has 70 valence electrons. The van der Waals surface area contributed by atoms with Crippen molar-refractivity contribution in [1.29, 1.82) is 0 Å². The van der Waals surface area contributed by atoms with E-state index in [2.05, 4.69) is 22.5 Å². The van der Waals surface area contributed by atoms with Crippen LogP contribution in [0.1, 0.15) is 13.8 Å². The summed E-state index contributed by atoms with van der Waals surface area (Å²) in [5, 5.41) is 8.56. The molecule has 0 unspecified atom stereocenters. The number of aliphatic carboxylic acids is 1. The van der Waals surface area contributed by atoms with E-state index in [0.29, 0.717) is 6.54 Å². The maximum Gasteiger partial charge on any atom is 0.317 e. The Hall–Kier alpha value is -0.350. The number of carbonyl (C=O) groups is 1. The first kappa shape index (κ1) is 11.6. The van der Waals surface area contributed by atoms with E-state index in [9.17, 15) is 4.79 Å². The second-order valence-corrected chi connectivity index (χ2v) is 4.03. The summed E-state index contributed by atoms with van der Waals surface area (Å²) in [4.78, 5) is 12.2. The average Bonchev–Trinajstić information content (AvgIpc) is 1.83. The second kappa shape index (κ2) is 5.32. The summed E-state index contributed by atoms with van der Waals surface area (Å²) in [6, 6.07) is 0.218. The van der Waals surface area contributed by atoms with Crippen molar-refractivity contribution < 1.29 is 9.90 Å². The number of nitrogens with zero attached hydrogens (tertiary/aromatic N) is 1. The minimum absolute atomic E-state index is 0.0578. The van der Waals surface area contributed by atoms with Gasteiger partial charge >= 0.3 is 5.97 Å². The standard InChI is InChI=1S/C8H14BrNO2/c1-6(2)10(4-7(3)9)5-8(11)12/h6H,3-5H2,1-2H3,(H,11,12). The van der Waals surface area contributed by atoms with Gasteiger partial charge < -0.3 is 5.11 Å². The number of carboxylic acids is 1. The van der Waals surface area contributed by atoms with Crippen LogP contribution in [0.5, 0.6) is 0 Å². The Morgan fingerprint density at radius 3 is 2.33 bits per heavy atom. The second-order valence-electron chi connectivity index (χ2n) is 2.91. The number of hydrogen-bond donors (Lipinski definition) is 1. The fourth-order valence-corrected chi connectivity index (χ4v) is 1.14. The average molecular weight is 236 g/mol. The van der Waals surface area contributed by atoms with Gasteiger partial charge in [0.2, 0.25) is 0 Å². The van der Waals surface area contributed by atoms with Gasteiger partial charge in [-0.05, 0) is 13.8 Å². The summed E-state index contributed by atoms with van der Waals surface area (Å²) in [6.07, 6.45) is 0. The van der Waals surface area contributed by atoms with Crippen molar-refractivity contribution in [1.82, 2.24) is 4.90 Å². The molecule has 0 aliphatic heterocycles. The Morgan fingerprint density at radius 2 is 2.08 bits per heavy atom. The summed E-state index contributed by atoms with van der Waals surface area (Å²) in [5.41, 5.74) is 0. The molecule has 0 fully saturated rings. The lowest BCUT2D eigenvalue weighted by molar-refractivity contribution is -0.138. The molecule has 0 rings (SSSR count). The molecule has 0 atom stereocenters. The zero-order valence-electron chi connectivity index (χ0n) is 7.38. The monoisotopic (exact) mass is 235 g/mol. The summed E-state index contributed by atoms with van der Waals surface area (Å²) in [5.74, 6) is -0.808. The van der Waals surface area contributed by atoms with Crippen LogP contribution in [0.4, 0.5) is 0 Å². The molecule has 0 saturated heterocycles. The summed E-state index contributed by atoms with van der Waals surface area (Å²) < 4.78 is 0.803. The Morgan fingerprint density at radius 1 is 1.58 bits per heavy atom. The van der Waals surface area contributed by atoms with Gasteiger partial charge in [0.25, 0.3) is 0 Å². The largest absolute Gasteiger partial charge is 0.480 e. The molecule has 4 heteroatoms. The highest BCUT2D eigenvalue weighted by Gasteiger charge is 2.12. The first-order valence-corrected chi connectivity index (χ1v) is 4.52. The van der Waals surface area contributed by atoms with E-state index in [0.717, 1.165) is 4.48 Å². The fraction of sp³-hybridized carbons (Fsp3) is 0.625. The molecule has 1 N–H and O–H groups in total. The van der Waals surface area contributed by atoms with Crippen LogP contribution in [0.25, 0.3) is 0 Å². The van der Waals surface area contributed by atoms with Gasteiger partial charge in [-0.2, -0.15) is 0 Å². The normalized spacial score (nSPS) is 10.8. The van der Waals surface area contributed by atoms with E-state index in [-0.39, 0.29) is 12.6 Å². The van der Waals surface area contributed by atoms with Gasteiger partial charge in [0.05, 0.1) is 6.54 Å². The Bertz CT molecular complexity index is 164. The van der Waals surface area contributed by atoms with Crippen LogP contribution in [0.2, 0.25) is 0 Å². The first-order chi connectivity index (χ1) is 5.43. The molecule has 12 heavy (non-hydrogen) atoms. The quantitative estimate of drug-likeness (QED) is 0.789. The van der Waals surface area contributed by atoms with Gasteiger partial charge in [-0.3, -0.25) is 9.69 Å². The number of hydrogen-bond acceptors (Lipinski definition) is 2. The molecule has 0 amide bonds. The third-order valence-electron chi connectivity index (χ3n) is 1.44. The van der Waals surface area contributed by atoms with Crippen molar-refractivity contribution >= 4 is 21.9 Å². The SMILES string of the molecule is C=C(Br)CN(CC(=O)O)C(C)C. The van der Waals surface area contributed by atoms with Crippen LogP contribution in [0.15, 0.2) is 11.1 Å². The number of carboxylic acid groups (broad SMARTS) is 1. The molecule has 0 bridgehead atoms. The molecule has 0 aliphatic carbocycles. The Balaban J connectivity index is 4.04. The van der Waals surface area contributed by atoms with Crippen LogP contribution in [-0.4, -0.2) is 35.1 Å². The number of halogens is 1. The summed E-state index contributed by atoms with van der Waals surface area (Å²) in [7, 11) is 0. The van der Waals surface area contributed by atoms with Crippen LogP contribution in [0, 0.1) is 0 Å². The smallest absolute Gasteiger partial charge is 0.317 e. The molecule has 0 aromatic carbocycles. The van der Waals surface area contributed by atoms with Gasteiger partial charge in [-0.1, -0.05) is 22.5 Å². The third kappa shape index (κ3) is 5.32. The Kier molecular flexibility index (Phi) is 5.17. The predicted octanol–water partition coefficient (Wildman–Crippen LogP) is 1.69. The zero-order valence-corrected chi connectivity index (χ0v) is 8.97. The fourth-order valence-electron chi connectivity index (χ4n) is 0.815. The summed E-state index contributed by atoms with van der Waals surface area (Å²) in [6.45, 7) is 8.21. The molecule has 0 saturated carbocycles. The van der Waals surface area contributed by atoms with Gasteiger partial charge in [-0.15, -0.1) is 0 Å². The van der Waals surface area contributed by atoms with E-state index < -0.39 is 5.97 Å². The van der Waals surface area contributed by atoms with Gasteiger partial charge in [0.15, 0.2) is 0 Å². The summed E-state index contributed by atoms with van der Waals surface area (Å²) >= 11 is 3.20. The van der Waals surface area contributed by atoms with Crippen LogP contribution < -0.4 is 0 Å². The molecule has 0 radical (unpaired) electrons. The maximum atomic E-state index is 10.4. The minimum atomic E-state index is -0.808. The van der Waals surface area contributed by atoms with Crippen LogP contribution in [0.3, 0.4) is 0 Å². The molecule has 0 heterocycles. The lowest BCUT2D eigenvalue weighted by Gasteiger charge is -2.23. The molecule has 0 spiro atoms. The molecule has 0 aromatic rings. The van der Waals surface area contributed by atoms with Crippen molar-refractivity contribution in [2.75, 3.05) is 13.1 Å². The van der Waals surface area contributed by atoms with Crippen molar-refractivity contribution in [3.8, 4) is 0 Å². The van der Waals surface area contributed by atoms with Crippen molar-refractivity contribution in [3.05, 3.63) is 11.1 Å². The van der Waals surface area contributed by atoms with Gasteiger partial charge in [0.1, 0.15) is 0 Å². The predicted molar refractivity (Wildman–Crippen MR) is 52.4 cm³/mol. The molecule has 3 nitrogen and oxygen atoms in total. The highest BCUT2D eigenvalue weighted by atomic mass is 79.9. The van der Waals surface area contributed by atoms with E-state index in [1.807, 2.05) is 18.7 Å². The Labute approximate surface area is 81.2 Å². The lowest BCUT2D eigenvalue weighted by atomic mass is 10.3. The first-order valence-electron chi connectivity index (χ1n) is 3.72. The minimum Gasteiger partial charge on any atom is -0.480 e. The van der Waals surface area contributed by atoms with Crippen molar-refractivity contribution in [3.63, 3.8) is 0 Å². The van der Waals surface area contributed by atoms with Gasteiger partial charge in [-0.25, -0.2) is 0 Å². The zero-order chi connectivity index (χ0) is 9.72. The van der Waals surface area contributed by atoms with E-state index in [1.54, 1.807) is 0 Å². The van der Waals surface area contributed by atoms with E-state index >= 15 is 0 Å². The molecule has 0 aliphatic rings. The van der Waals surface area contributed by atoms with Gasteiger partial charge in [0, 0.05) is 17.1 Å². The maximum absolute atomic E-state index is 10.4. The van der Waals surface area contributed by atoms with E-state index in [4.69, 9.17) is 5.11 Å². The number of rotatable bonds is 5. The lowest BCUT2D eigenvalue weighted by Crippen LogP contribution is -2.36. The van der Waals surface area contributed by atoms with E-state index in [1.165, 1.54) is 0 Å². The molecular formula is C8H14BrNO2. The molecule has 0 aromatic heterocycles. The highest BCUT2D eigenvalue weighted by molar-refractivity contribution is 9.11. The topological polar surface area (TPSA) is 40.5 Å². The van der Waals surface area contributed by atoms with Crippen LogP contribution in [-0.2, 0) is 4.79 Å².